The van der Waals surface area contributed by atoms with E-state index in [2.05, 4.69) is 114 Å². The molecule has 0 saturated heterocycles. The third-order valence-electron chi connectivity index (χ3n) is 7.08. The first-order valence-corrected chi connectivity index (χ1v) is 11.5. The number of aromatic amines is 1. The van der Waals surface area contributed by atoms with E-state index in [1.165, 1.54) is 38.9 Å². The number of aryl methyl sites for hydroxylation is 2. The summed E-state index contributed by atoms with van der Waals surface area (Å²) in [7, 11) is 2.24. The topological polar surface area (TPSA) is 31.9 Å². The van der Waals surface area contributed by atoms with E-state index in [1.54, 1.807) is 0 Å². The van der Waals surface area contributed by atoms with Gasteiger partial charge in [-0.2, -0.15) is 0 Å². The minimum Gasteiger partial charge on any atom is -0.354 e. The molecule has 0 radical (unpaired) electrons. The largest absolute Gasteiger partial charge is 0.354 e. The molecule has 4 rings (SSSR count). The molecule has 3 aromatic rings. The fourth-order valence-electron chi connectivity index (χ4n) is 5.34. The summed E-state index contributed by atoms with van der Waals surface area (Å²) in [6.07, 6.45) is 3.51. The molecule has 0 fully saturated rings. The summed E-state index contributed by atoms with van der Waals surface area (Å²) in [5, 5.41) is 1.34. The molecule has 1 aliphatic rings. The summed E-state index contributed by atoms with van der Waals surface area (Å²) < 4.78 is 0. The zero-order valence-electron chi connectivity index (χ0n) is 20.6. The lowest BCUT2D eigenvalue weighted by Gasteiger charge is -2.49. The van der Waals surface area contributed by atoms with Crippen molar-refractivity contribution in [3.8, 4) is 11.3 Å². The summed E-state index contributed by atoms with van der Waals surface area (Å²) in [6, 6.07) is 11.3. The fraction of sp³-hybridized carbons (Fsp3) is 0.464. The molecule has 0 atom stereocenters. The van der Waals surface area contributed by atoms with Gasteiger partial charge in [-0.1, -0.05) is 26.0 Å². The molecule has 0 spiro atoms. The van der Waals surface area contributed by atoms with E-state index >= 15 is 0 Å². The zero-order valence-corrected chi connectivity index (χ0v) is 20.6. The lowest BCUT2D eigenvalue weighted by Crippen LogP contribution is -2.54. The van der Waals surface area contributed by atoms with Gasteiger partial charge in [0.15, 0.2) is 0 Å². The number of likely N-dealkylation sites (N-methyl/N-ethyl adjacent to an activating group) is 1. The third kappa shape index (κ3) is 3.85. The van der Waals surface area contributed by atoms with Crippen LogP contribution in [0.15, 0.2) is 36.4 Å². The normalized spacial score (nSPS) is 18.6. The van der Waals surface area contributed by atoms with Gasteiger partial charge in [-0.05, 0) is 102 Å². The molecule has 164 valence electrons. The predicted octanol–water partition coefficient (Wildman–Crippen LogP) is 7.25. The van der Waals surface area contributed by atoms with Crippen molar-refractivity contribution in [3.05, 3.63) is 58.9 Å². The number of fused-ring (bicyclic) bond motifs is 1. The Morgan fingerprint density at radius 3 is 2.19 bits per heavy atom. The highest BCUT2D eigenvalue weighted by atomic mass is 15.2. The number of nitrogens with one attached hydrogen (secondary N) is 1. The van der Waals surface area contributed by atoms with Crippen LogP contribution >= 0.6 is 0 Å². The predicted molar refractivity (Wildman–Crippen MR) is 134 cm³/mol. The number of H-pyrrole nitrogens is 1. The van der Waals surface area contributed by atoms with E-state index in [0.717, 1.165) is 17.8 Å². The Hall–Kier alpha value is -2.39. The third-order valence-corrected chi connectivity index (χ3v) is 7.08. The minimum absolute atomic E-state index is 0.0301. The Labute approximate surface area is 187 Å². The van der Waals surface area contributed by atoms with Gasteiger partial charge >= 0.3 is 0 Å². The maximum absolute atomic E-state index is 4.57. The number of pyridine rings is 1. The highest BCUT2D eigenvalue weighted by molar-refractivity contribution is 5.93. The van der Waals surface area contributed by atoms with E-state index in [9.17, 15) is 0 Å². The van der Waals surface area contributed by atoms with Crippen molar-refractivity contribution in [1.82, 2.24) is 14.9 Å². The van der Waals surface area contributed by atoms with Gasteiger partial charge in [-0.3, -0.25) is 9.88 Å². The lowest BCUT2D eigenvalue weighted by atomic mass is 9.79. The summed E-state index contributed by atoms with van der Waals surface area (Å²) >= 11 is 0. The quantitative estimate of drug-likeness (QED) is 0.488. The smallest absolute Gasteiger partial charge is 0.0501 e. The highest BCUT2D eigenvalue weighted by Crippen LogP contribution is 2.42. The van der Waals surface area contributed by atoms with Crippen LogP contribution in [0, 0.1) is 13.8 Å². The summed E-state index contributed by atoms with van der Waals surface area (Å²) in [6.45, 7) is 18.1. The Balaban J connectivity index is 1.90. The van der Waals surface area contributed by atoms with Crippen LogP contribution in [0.5, 0.6) is 0 Å². The SMILES string of the molecule is Cc1cc(-c2[nH]c3ccc(C4=CC(C)(C)N(C)C(C)(C)C4)cc3c2C(C)C)cc(C)n1. The minimum atomic E-state index is 0.0301. The van der Waals surface area contributed by atoms with Crippen LogP contribution in [0.3, 0.4) is 0 Å². The van der Waals surface area contributed by atoms with Crippen molar-refractivity contribution in [2.75, 3.05) is 7.05 Å². The first-order chi connectivity index (χ1) is 14.4. The van der Waals surface area contributed by atoms with E-state index in [1.807, 2.05) is 0 Å². The Morgan fingerprint density at radius 1 is 0.968 bits per heavy atom. The van der Waals surface area contributed by atoms with Gasteiger partial charge in [0.1, 0.15) is 0 Å². The van der Waals surface area contributed by atoms with Gasteiger partial charge < -0.3 is 4.98 Å². The number of benzene rings is 1. The molecule has 0 unspecified atom stereocenters. The second kappa shape index (κ2) is 7.34. The maximum atomic E-state index is 4.57. The van der Waals surface area contributed by atoms with Crippen molar-refractivity contribution < 1.29 is 0 Å². The fourth-order valence-corrected chi connectivity index (χ4v) is 5.34. The van der Waals surface area contributed by atoms with Gasteiger partial charge in [0.25, 0.3) is 0 Å². The number of aromatic nitrogens is 2. The molecular weight excluding hydrogens is 378 g/mol. The monoisotopic (exact) mass is 415 g/mol. The Bertz CT molecular complexity index is 1150. The molecule has 0 bridgehead atoms. The number of hydrogen-bond acceptors (Lipinski definition) is 2. The molecule has 0 saturated carbocycles. The molecule has 1 aliphatic heterocycles. The van der Waals surface area contributed by atoms with Gasteiger partial charge in [-0.15, -0.1) is 0 Å². The van der Waals surface area contributed by atoms with Crippen LogP contribution in [0.25, 0.3) is 27.7 Å². The van der Waals surface area contributed by atoms with Crippen LogP contribution in [0.2, 0.25) is 0 Å². The first-order valence-electron chi connectivity index (χ1n) is 11.5. The Morgan fingerprint density at radius 2 is 1.61 bits per heavy atom. The standard InChI is InChI=1S/C28H37N3/c1-17(2)25-23-14-20(22-15-27(5,6)31(9)28(7,8)16-22)10-11-24(23)30-26(25)21-12-18(3)29-19(4)13-21/h10-15,17,30H,16H2,1-9H3. The summed E-state index contributed by atoms with van der Waals surface area (Å²) in [5.74, 6) is 0.423. The van der Waals surface area contributed by atoms with Crippen molar-refractivity contribution >= 4 is 16.5 Å². The van der Waals surface area contributed by atoms with Gasteiger partial charge in [0, 0.05) is 38.9 Å². The molecule has 3 heterocycles. The average molecular weight is 416 g/mol. The van der Waals surface area contributed by atoms with Crippen LogP contribution < -0.4 is 0 Å². The molecule has 1 N–H and O–H groups in total. The van der Waals surface area contributed by atoms with E-state index in [0.29, 0.717) is 5.92 Å². The van der Waals surface area contributed by atoms with E-state index < -0.39 is 0 Å². The Kier molecular flexibility index (Phi) is 5.17. The van der Waals surface area contributed by atoms with Crippen LogP contribution in [-0.2, 0) is 0 Å². The summed E-state index contributed by atoms with van der Waals surface area (Å²) in [4.78, 5) is 10.8. The van der Waals surface area contributed by atoms with Gasteiger partial charge in [0.2, 0.25) is 0 Å². The van der Waals surface area contributed by atoms with Gasteiger partial charge in [0.05, 0.1) is 5.69 Å². The van der Waals surface area contributed by atoms with Gasteiger partial charge in [-0.25, -0.2) is 0 Å². The molecule has 2 aromatic heterocycles. The molecule has 0 amide bonds. The van der Waals surface area contributed by atoms with Crippen molar-refractivity contribution in [1.29, 1.82) is 0 Å². The molecule has 31 heavy (non-hydrogen) atoms. The van der Waals surface area contributed by atoms with Crippen LogP contribution in [0.1, 0.15) is 76.4 Å². The summed E-state index contributed by atoms with van der Waals surface area (Å²) in [5.41, 5.74) is 10.1. The van der Waals surface area contributed by atoms with Crippen LogP contribution in [-0.4, -0.2) is 33.0 Å². The maximum Gasteiger partial charge on any atom is 0.0501 e. The van der Waals surface area contributed by atoms with Crippen molar-refractivity contribution in [3.63, 3.8) is 0 Å². The van der Waals surface area contributed by atoms with Crippen LogP contribution in [0.4, 0.5) is 0 Å². The lowest BCUT2D eigenvalue weighted by molar-refractivity contribution is 0.0697. The van der Waals surface area contributed by atoms with E-state index in [-0.39, 0.29) is 11.1 Å². The first kappa shape index (κ1) is 21.8. The van der Waals surface area contributed by atoms with Crippen molar-refractivity contribution in [2.45, 2.75) is 78.8 Å². The number of rotatable bonds is 3. The average Bonchev–Trinajstić information content (AvgIpc) is 3.03. The second-order valence-corrected chi connectivity index (χ2v) is 10.8. The molecule has 0 aliphatic carbocycles. The van der Waals surface area contributed by atoms with Crippen molar-refractivity contribution in [2.24, 2.45) is 0 Å². The second-order valence-electron chi connectivity index (χ2n) is 10.8. The molecule has 1 aromatic carbocycles. The molecule has 3 nitrogen and oxygen atoms in total. The molecular formula is C28H37N3. The zero-order chi connectivity index (χ0) is 22.7. The number of nitrogens with zero attached hydrogens (tertiary/aromatic N) is 2. The molecule has 3 heteroatoms. The number of hydrogen-bond donors (Lipinski definition) is 1. The van der Waals surface area contributed by atoms with E-state index in [4.69, 9.17) is 0 Å². The highest BCUT2D eigenvalue weighted by Gasteiger charge is 2.38.